The van der Waals surface area contributed by atoms with E-state index in [-0.39, 0.29) is 24.7 Å². The van der Waals surface area contributed by atoms with Crippen LogP contribution in [-0.2, 0) is 36.9 Å². The Balaban J connectivity index is 1.66. The number of amides is 3. The van der Waals surface area contributed by atoms with Crippen molar-refractivity contribution in [3.63, 3.8) is 0 Å². The second-order valence-electron chi connectivity index (χ2n) is 9.93. The summed E-state index contributed by atoms with van der Waals surface area (Å²) in [5.74, 6) is -1.34. The van der Waals surface area contributed by atoms with Crippen molar-refractivity contribution in [2.75, 3.05) is 6.61 Å². The highest BCUT2D eigenvalue weighted by Crippen LogP contribution is 2.30. The van der Waals surface area contributed by atoms with Gasteiger partial charge in [0.25, 0.3) is 0 Å². The van der Waals surface area contributed by atoms with Gasteiger partial charge in [-0.25, -0.2) is 4.79 Å². The number of alkyl carbamates (subject to hydrolysis) is 1. The van der Waals surface area contributed by atoms with Gasteiger partial charge in [0.05, 0.1) is 12.6 Å². The zero-order chi connectivity index (χ0) is 27.7. The molecule has 204 valence electrons. The van der Waals surface area contributed by atoms with Crippen LogP contribution in [0.25, 0.3) is 0 Å². The van der Waals surface area contributed by atoms with E-state index < -0.39 is 41.6 Å². The lowest BCUT2D eigenvalue weighted by Crippen LogP contribution is -2.58. The lowest BCUT2D eigenvalue weighted by Gasteiger charge is -2.28. The normalized spacial score (nSPS) is 19.3. The number of rotatable bonds is 13. The fourth-order valence-electron chi connectivity index (χ4n) is 3.90. The smallest absolute Gasteiger partial charge is 0.408 e. The maximum atomic E-state index is 13.4. The highest BCUT2D eigenvalue weighted by molar-refractivity contribution is 5.98. The average Bonchev–Trinajstić information content (AvgIpc) is 3.68. The third-order valence-corrected chi connectivity index (χ3v) is 6.75. The van der Waals surface area contributed by atoms with Crippen LogP contribution in [0.3, 0.4) is 0 Å². The molecular formula is C29H37N3O6. The second-order valence-corrected chi connectivity index (χ2v) is 9.93. The van der Waals surface area contributed by atoms with Crippen molar-refractivity contribution < 1.29 is 28.7 Å². The van der Waals surface area contributed by atoms with Crippen LogP contribution in [0.15, 0.2) is 60.7 Å². The number of hydrogen-bond donors (Lipinski definition) is 3. The molecule has 9 heteroatoms. The molecule has 1 saturated heterocycles. The molecule has 9 nitrogen and oxygen atoms in total. The Hall–Kier alpha value is -3.72. The first-order chi connectivity index (χ1) is 18.1. The molecule has 1 fully saturated rings. The third-order valence-electron chi connectivity index (χ3n) is 6.75. The van der Waals surface area contributed by atoms with E-state index >= 15 is 0 Å². The van der Waals surface area contributed by atoms with Gasteiger partial charge in [0.1, 0.15) is 24.3 Å². The maximum Gasteiger partial charge on any atom is 0.408 e. The summed E-state index contributed by atoms with van der Waals surface area (Å²) in [6.45, 7) is 7.45. The molecule has 4 unspecified atom stereocenters. The molecule has 0 aliphatic carbocycles. The molecule has 1 aliphatic rings. The van der Waals surface area contributed by atoms with Gasteiger partial charge >= 0.3 is 6.09 Å². The largest absolute Gasteiger partial charge is 0.445 e. The van der Waals surface area contributed by atoms with Gasteiger partial charge in [0, 0.05) is 6.42 Å². The molecule has 5 atom stereocenters. The van der Waals surface area contributed by atoms with E-state index in [1.54, 1.807) is 6.92 Å². The summed E-state index contributed by atoms with van der Waals surface area (Å²) in [5, 5.41) is 8.10. The predicted octanol–water partition coefficient (Wildman–Crippen LogP) is 2.92. The molecule has 0 aromatic heterocycles. The Kier molecular flexibility index (Phi) is 10.0. The number of ketones is 1. The molecule has 2 aromatic carbocycles. The summed E-state index contributed by atoms with van der Waals surface area (Å²) in [4.78, 5) is 51.7. The lowest BCUT2D eigenvalue weighted by molar-refractivity contribution is -0.134. The fraction of sp³-hybridized carbons (Fsp3) is 0.448. The van der Waals surface area contributed by atoms with Gasteiger partial charge in [-0.2, -0.15) is 0 Å². The van der Waals surface area contributed by atoms with Gasteiger partial charge in [0.2, 0.25) is 11.8 Å². The molecule has 38 heavy (non-hydrogen) atoms. The Morgan fingerprint density at radius 2 is 1.47 bits per heavy atom. The minimum atomic E-state index is -0.971. The Bertz CT molecular complexity index is 1100. The lowest BCUT2D eigenvalue weighted by atomic mass is 9.89. The van der Waals surface area contributed by atoms with Crippen LogP contribution in [-0.4, -0.2) is 54.0 Å². The number of Topliss-reactive ketones (excluding diaryl/α,β-unsaturated/α-hetero) is 1. The topological polar surface area (TPSA) is 126 Å². The number of carbonyl (C=O) groups excluding carboxylic acids is 4. The first-order valence-corrected chi connectivity index (χ1v) is 12.9. The predicted molar refractivity (Wildman–Crippen MR) is 142 cm³/mol. The molecule has 1 heterocycles. The monoisotopic (exact) mass is 523 g/mol. The summed E-state index contributed by atoms with van der Waals surface area (Å²) in [6.07, 6.45) is 0.133. The van der Waals surface area contributed by atoms with E-state index in [0.717, 1.165) is 11.1 Å². The number of nitrogens with one attached hydrogen (secondary N) is 3. The molecule has 2 aromatic rings. The maximum absolute atomic E-state index is 13.4. The summed E-state index contributed by atoms with van der Waals surface area (Å²) < 4.78 is 10.5. The minimum Gasteiger partial charge on any atom is -0.445 e. The van der Waals surface area contributed by atoms with Gasteiger partial charge in [-0.1, -0.05) is 80.9 Å². The Labute approximate surface area is 223 Å². The highest BCUT2D eigenvalue weighted by atomic mass is 16.6. The quantitative estimate of drug-likeness (QED) is 0.347. The van der Waals surface area contributed by atoms with Crippen LogP contribution in [0, 0.1) is 5.92 Å². The van der Waals surface area contributed by atoms with Crippen LogP contribution in [0.2, 0.25) is 0 Å². The highest BCUT2D eigenvalue weighted by Gasteiger charge is 2.51. The van der Waals surface area contributed by atoms with Crippen molar-refractivity contribution in [1.82, 2.24) is 16.0 Å². The molecule has 3 N–H and O–H groups in total. The molecule has 3 amide bonds. The van der Waals surface area contributed by atoms with Crippen LogP contribution in [0.5, 0.6) is 0 Å². The number of ether oxygens (including phenoxy) is 2. The van der Waals surface area contributed by atoms with Crippen molar-refractivity contribution in [2.45, 2.75) is 70.9 Å². The fourth-order valence-corrected chi connectivity index (χ4v) is 3.90. The number of carbonyl (C=O) groups is 4. The van der Waals surface area contributed by atoms with Crippen LogP contribution in [0.1, 0.15) is 45.2 Å². The third kappa shape index (κ3) is 8.14. The van der Waals surface area contributed by atoms with Crippen molar-refractivity contribution in [2.24, 2.45) is 5.92 Å². The van der Waals surface area contributed by atoms with Crippen molar-refractivity contribution in [3.8, 4) is 0 Å². The van der Waals surface area contributed by atoms with Crippen molar-refractivity contribution in [3.05, 3.63) is 71.8 Å². The summed E-state index contributed by atoms with van der Waals surface area (Å²) in [7, 11) is 0. The number of epoxide rings is 1. The summed E-state index contributed by atoms with van der Waals surface area (Å²) >= 11 is 0. The Morgan fingerprint density at radius 1 is 0.895 bits per heavy atom. The zero-order valence-electron chi connectivity index (χ0n) is 22.4. The van der Waals surface area contributed by atoms with Gasteiger partial charge in [0.15, 0.2) is 5.78 Å². The van der Waals surface area contributed by atoms with E-state index in [1.165, 1.54) is 6.92 Å². The van der Waals surface area contributed by atoms with Crippen LogP contribution < -0.4 is 16.0 Å². The van der Waals surface area contributed by atoms with Crippen molar-refractivity contribution in [1.29, 1.82) is 0 Å². The van der Waals surface area contributed by atoms with E-state index in [2.05, 4.69) is 16.0 Å². The molecule has 0 radical (unpaired) electrons. The number of hydrogen-bond acceptors (Lipinski definition) is 6. The van der Waals surface area contributed by atoms with E-state index in [0.29, 0.717) is 13.0 Å². The van der Waals surface area contributed by atoms with Gasteiger partial charge in [-0.05, 0) is 30.9 Å². The van der Waals surface area contributed by atoms with Crippen LogP contribution in [0.4, 0.5) is 4.79 Å². The second kappa shape index (κ2) is 13.2. The SMILES string of the molecule is CC[C@@H](C)C(NC(=O)C(Cc1ccccc1)NC(=O)C(C)NC(=O)OCc1ccccc1)C(=O)C1(C)CO1. The van der Waals surface area contributed by atoms with Crippen molar-refractivity contribution >= 4 is 23.7 Å². The molecule has 3 rings (SSSR count). The Morgan fingerprint density at radius 3 is 2.03 bits per heavy atom. The number of benzene rings is 2. The first-order valence-electron chi connectivity index (χ1n) is 12.9. The van der Waals surface area contributed by atoms with Gasteiger partial charge < -0.3 is 25.4 Å². The van der Waals surface area contributed by atoms with E-state index in [9.17, 15) is 19.2 Å². The molecule has 1 aliphatic heterocycles. The minimum absolute atomic E-state index is 0.0632. The van der Waals surface area contributed by atoms with E-state index in [4.69, 9.17) is 9.47 Å². The van der Waals surface area contributed by atoms with E-state index in [1.807, 2.05) is 74.5 Å². The average molecular weight is 524 g/mol. The molecule has 0 saturated carbocycles. The van der Waals surface area contributed by atoms with Crippen LogP contribution >= 0.6 is 0 Å². The zero-order valence-corrected chi connectivity index (χ0v) is 22.4. The molecule has 0 spiro atoms. The summed E-state index contributed by atoms with van der Waals surface area (Å²) in [5.41, 5.74) is 0.757. The van der Waals surface area contributed by atoms with Gasteiger partial charge in [-0.3, -0.25) is 14.4 Å². The first kappa shape index (κ1) is 28.8. The molecular weight excluding hydrogens is 486 g/mol. The molecule has 0 bridgehead atoms. The van der Waals surface area contributed by atoms with Gasteiger partial charge in [-0.15, -0.1) is 0 Å². The summed E-state index contributed by atoms with van der Waals surface area (Å²) in [6, 6.07) is 15.7. The standard InChI is InChI=1S/C29H37N3O6/c1-5-19(2)24(25(33)29(4)18-38-29)32-27(35)23(16-21-12-8-6-9-13-21)31-26(34)20(3)30-28(36)37-17-22-14-10-7-11-15-22/h6-15,19-20,23-24H,5,16-18H2,1-4H3,(H,30,36)(H,31,34)(H,32,35)/t19-,20?,23?,24?,29?/m1/s1.